The van der Waals surface area contributed by atoms with Gasteiger partial charge in [0.25, 0.3) is 5.89 Å². The molecule has 2 aromatic heterocycles. The molecule has 2 heterocycles. The molecule has 0 saturated heterocycles. The third kappa shape index (κ3) is 1.97. The molecule has 0 aliphatic heterocycles. The lowest BCUT2D eigenvalue weighted by Gasteiger charge is -2.34. The average molecular weight is 259 g/mol. The molecule has 7 heteroatoms. The number of carbonyl (C=O) groups is 1. The summed E-state index contributed by atoms with van der Waals surface area (Å²) in [6.07, 6.45) is 4.18. The number of pyridine rings is 1. The number of carbonyl (C=O) groups excluding carboxylic acids is 1. The number of rotatable bonds is 3. The minimum absolute atomic E-state index is 0.294. The van der Waals surface area contributed by atoms with Gasteiger partial charge in [-0.05, 0) is 31.4 Å². The smallest absolute Gasteiger partial charge is 0.276 e. The Kier molecular flexibility index (Phi) is 2.56. The largest absolute Gasteiger partial charge is 0.366 e. The van der Waals surface area contributed by atoms with Gasteiger partial charge in [0.15, 0.2) is 5.82 Å². The van der Waals surface area contributed by atoms with Crippen molar-refractivity contribution in [3.8, 4) is 11.6 Å². The van der Waals surface area contributed by atoms with Crippen LogP contribution in [0, 0.1) is 0 Å². The fourth-order valence-electron chi connectivity index (χ4n) is 1.98. The first-order valence-electron chi connectivity index (χ1n) is 5.98. The SMILES string of the molecule is NC(=O)c1ccc(-c2nc(C3(N)CCC3)no2)nc1. The highest BCUT2D eigenvalue weighted by atomic mass is 16.5. The summed E-state index contributed by atoms with van der Waals surface area (Å²) in [6, 6.07) is 3.18. The molecule has 0 radical (unpaired) electrons. The van der Waals surface area contributed by atoms with E-state index < -0.39 is 11.4 Å². The summed E-state index contributed by atoms with van der Waals surface area (Å²) in [5.74, 6) is 0.276. The molecule has 0 bridgehead atoms. The van der Waals surface area contributed by atoms with Gasteiger partial charge < -0.3 is 16.0 Å². The normalized spacial score (nSPS) is 16.9. The lowest BCUT2D eigenvalue weighted by Crippen LogP contribution is -2.44. The second kappa shape index (κ2) is 4.13. The van der Waals surface area contributed by atoms with E-state index >= 15 is 0 Å². The van der Waals surface area contributed by atoms with Crippen LogP contribution in [0.25, 0.3) is 11.6 Å². The first-order valence-corrected chi connectivity index (χ1v) is 5.98. The Balaban J connectivity index is 1.88. The molecule has 0 aromatic carbocycles. The van der Waals surface area contributed by atoms with Gasteiger partial charge in [0.1, 0.15) is 5.69 Å². The number of amides is 1. The van der Waals surface area contributed by atoms with E-state index in [1.54, 1.807) is 12.1 Å². The van der Waals surface area contributed by atoms with Crippen LogP contribution in [-0.2, 0) is 5.54 Å². The standard InChI is InChI=1S/C12H13N5O2/c13-9(18)7-2-3-8(15-6-7)10-16-11(17-19-10)12(14)4-1-5-12/h2-3,6H,1,4-5,14H2,(H2,13,18). The summed E-state index contributed by atoms with van der Waals surface area (Å²) in [5.41, 5.74) is 11.6. The van der Waals surface area contributed by atoms with Gasteiger partial charge in [-0.3, -0.25) is 9.78 Å². The lowest BCUT2D eigenvalue weighted by molar-refractivity contribution is 0.1000. The van der Waals surface area contributed by atoms with Gasteiger partial charge in [0, 0.05) is 6.20 Å². The predicted molar refractivity (Wildman–Crippen MR) is 65.8 cm³/mol. The van der Waals surface area contributed by atoms with Crippen molar-refractivity contribution in [2.75, 3.05) is 0 Å². The average Bonchev–Trinajstić information content (AvgIpc) is 2.86. The lowest BCUT2D eigenvalue weighted by atomic mass is 9.77. The van der Waals surface area contributed by atoms with Crippen LogP contribution in [-0.4, -0.2) is 21.0 Å². The van der Waals surface area contributed by atoms with Crippen LogP contribution in [0.1, 0.15) is 35.4 Å². The van der Waals surface area contributed by atoms with Gasteiger partial charge in [-0.15, -0.1) is 0 Å². The molecular weight excluding hydrogens is 246 g/mol. The van der Waals surface area contributed by atoms with Crippen molar-refractivity contribution in [3.63, 3.8) is 0 Å². The molecule has 1 amide bonds. The van der Waals surface area contributed by atoms with Gasteiger partial charge in [0.2, 0.25) is 5.91 Å². The van der Waals surface area contributed by atoms with E-state index in [2.05, 4.69) is 15.1 Å². The zero-order valence-corrected chi connectivity index (χ0v) is 10.2. The highest BCUT2D eigenvalue weighted by Gasteiger charge is 2.39. The predicted octanol–water partition coefficient (Wildman–Crippen LogP) is 0.568. The van der Waals surface area contributed by atoms with E-state index in [9.17, 15) is 4.79 Å². The summed E-state index contributed by atoms with van der Waals surface area (Å²) in [7, 11) is 0. The van der Waals surface area contributed by atoms with E-state index in [4.69, 9.17) is 16.0 Å². The van der Waals surface area contributed by atoms with Crippen LogP contribution in [0.3, 0.4) is 0 Å². The molecule has 1 saturated carbocycles. The fourth-order valence-corrected chi connectivity index (χ4v) is 1.98. The maximum Gasteiger partial charge on any atom is 0.276 e. The summed E-state index contributed by atoms with van der Waals surface area (Å²) >= 11 is 0. The molecule has 4 N–H and O–H groups in total. The van der Waals surface area contributed by atoms with Gasteiger partial charge in [0.05, 0.1) is 11.1 Å². The Morgan fingerprint density at radius 2 is 2.16 bits per heavy atom. The van der Waals surface area contributed by atoms with E-state index in [0.717, 1.165) is 19.3 Å². The molecule has 19 heavy (non-hydrogen) atoms. The molecule has 0 spiro atoms. The zero-order valence-electron chi connectivity index (χ0n) is 10.2. The Bertz CT molecular complexity index is 615. The van der Waals surface area contributed by atoms with Gasteiger partial charge in [-0.25, -0.2) is 0 Å². The second-order valence-electron chi connectivity index (χ2n) is 4.73. The molecule has 98 valence electrons. The van der Waals surface area contributed by atoms with E-state index in [1.807, 2.05) is 0 Å². The molecule has 1 aliphatic rings. The molecule has 1 aliphatic carbocycles. The molecule has 0 atom stereocenters. The number of aromatic nitrogens is 3. The number of hydrogen-bond donors (Lipinski definition) is 2. The first kappa shape index (κ1) is 11.8. The Morgan fingerprint density at radius 1 is 1.37 bits per heavy atom. The Hall–Kier alpha value is -2.28. The number of nitrogens with two attached hydrogens (primary N) is 2. The van der Waals surface area contributed by atoms with E-state index in [1.165, 1.54) is 6.20 Å². The minimum Gasteiger partial charge on any atom is -0.366 e. The topological polar surface area (TPSA) is 121 Å². The number of nitrogens with zero attached hydrogens (tertiary/aromatic N) is 3. The minimum atomic E-state index is -0.527. The van der Waals surface area contributed by atoms with Gasteiger partial charge in [-0.2, -0.15) is 4.98 Å². The maximum absolute atomic E-state index is 10.9. The molecule has 0 unspecified atom stereocenters. The molecule has 1 fully saturated rings. The fraction of sp³-hybridized carbons (Fsp3) is 0.333. The summed E-state index contributed by atoms with van der Waals surface area (Å²) in [5, 5.41) is 3.90. The van der Waals surface area contributed by atoms with Gasteiger partial charge >= 0.3 is 0 Å². The molecule has 2 aromatic rings. The van der Waals surface area contributed by atoms with Crippen molar-refractivity contribution in [1.29, 1.82) is 0 Å². The maximum atomic E-state index is 10.9. The number of hydrogen-bond acceptors (Lipinski definition) is 6. The van der Waals surface area contributed by atoms with Crippen molar-refractivity contribution in [2.24, 2.45) is 11.5 Å². The van der Waals surface area contributed by atoms with Crippen molar-refractivity contribution in [2.45, 2.75) is 24.8 Å². The van der Waals surface area contributed by atoms with Gasteiger partial charge in [-0.1, -0.05) is 5.16 Å². The van der Waals surface area contributed by atoms with Crippen LogP contribution in [0.15, 0.2) is 22.9 Å². The summed E-state index contributed by atoms with van der Waals surface area (Å²) < 4.78 is 5.15. The molecule has 7 nitrogen and oxygen atoms in total. The number of primary amides is 1. The van der Waals surface area contributed by atoms with Crippen LogP contribution < -0.4 is 11.5 Å². The first-order chi connectivity index (χ1) is 9.08. The van der Waals surface area contributed by atoms with Crippen molar-refractivity contribution in [3.05, 3.63) is 29.7 Å². The molecule has 3 rings (SSSR count). The highest BCUT2D eigenvalue weighted by Crippen LogP contribution is 2.37. The Morgan fingerprint density at radius 3 is 2.68 bits per heavy atom. The van der Waals surface area contributed by atoms with Crippen LogP contribution in [0.5, 0.6) is 0 Å². The zero-order chi connectivity index (χ0) is 13.5. The third-order valence-corrected chi connectivity index (χ3v) is 3.38. The quantitative estimate of drug-likeness (QED) is 0.831. The molecular formula is C12H13N5O2. The summed E-state index contributed by atoms with van der Waals surface area (Å²) in [6.45, 7) is 0. The van der Waals surface area contributed by atoms with Crippen molar-refractivity contribution in [1.82, 2.24) is 15.1 Å². The highest BCUT2D eigenvalue weighted by molar-refractivity contribution is 5.92. The van der Waals surface area contributed by atoms with Crippen LogP contribution >= 0.6 is 0 Å². The van der Waals surface area contributed by atoms with Crippen LogP contribution in [0.4, 0.5) is 0 Å². The van der Waals surface area contributed by atoms with Crippen molar-refractivity contribution < 1.29 is 9.32 Å². The summed E-state index contributed by atoms with van der Waals surface area (Å²) in [4.78, 5) is 19.3. The van der Waals surface area contributed by atoms with Crippen molar-refractivity contribution >= 4 is 5.91 Å². The van der Waals surface area contributed by atoms with E-state index in [-0.39, 0.29) is 0 Å². The third-order valence-electron chi connectivity index (χ3n) is 3.38. The van der Waals surface area contributed by atoms with Crippen LogP contribution in [0.2, 0.25) is 0 Å². The Labute approximate surface area is 109 Å². The monoisotopic (exact) mass is 259 g/mol. The van der Waals surface area contributed by atoms with E-state index in [0.29, 0.717) is 23.0 Å². The second-order valence-corrected chi connectivity index (χ2v) is 4.73.